The van der Waals surface area contributed by atoms with Crippen molar-refractivity contribution < 1.29 is 42.1 Å². The largest absolute Gasteiger partial charge is 0.756 e. The van der Waals surface area contributed by atoms with Crippen LogP contribution in [0.1, 0.15) is 348 Å². The van der Waals surface area contributed by atoms with Crippen molar-refractivity contribution in [2.45, 2.75) is 354 Å². The van der Waals surface area contributed by atoms with Crippen molar-refractivity contribution in [3.63, 3.8) is 0 Å². The minimum Gasteiger partial charge on any atom is -0.756 e. The van der Waals surface area contributed by atoms with Crippen LogP contribution in [0.2, 0.25) is 0 Å². The highest BCUT2D eigenvalue weighted by atomic mass is 31.2. The third-order valence-corrected chi connectivity index (χ3v) is 19.1. The summed E-state index contributed by atoms with van der Waals surface area (Å²) in [5.74, 6) is -0.831. The molecule has 0 heterocycles. The van der Waals surface area contributed by atoms with Crippen LogP contribution < -0.4 is 4.89 Å². The molecule has 0 aliphatic rings. The Morgan fingerprint density at radius 1 is 0.292 bits per heavy atom. The summed E-state index contributed by atoms with van der Waals surface area (Å²) >= 11 is 0. The zero-order valence-electron chi connectivity index (χ0n) is 68.8. The average Bonchev–Trinajstić information content (AvgIpc) is 0.908. The Hall–Kier alpha value is -5.15. The molecular weight excluding hydrogens is 1330 g/mol. The van der Waals surface area contributed by atoms with Gasteiger partial charge in [-0.2, -0.15) is 0 Å². The van der Waals surface area contributed by atoms with Crippen LogP contribution in [0.25, 0.3) is 0 Å². The topological polar surface area (TPSA) is 111 Å². The lowest BCUT2D eigenvalue weighted by Crippen LogP contribution is -2.37. The molecule has 0 aromatic heterocycles. The Morgan fingerprint density at radius 3 is 0.755 bits per heavy atom. The molecule has 602 valence electrons. The van der Waals surface area contributed by atoms with Crippen LogP contribution in [0.15, 0.2) is 194 Å². The molecule has 0 saturated carbocycles. The van der Waals surface area contributed by atoms with Gasteiger partial charge in [0.1, 0.15) is 19.8 Å². The maximum atomic E-state index is 12.9. The van der Waals surface area contributed by atoms with Crippen LogP contribution in [-0.2, 0) is 32.7 Å². The minimum absolute atomic E-state index is 0.0369. The predicted molar refractivity (Wildman–Crippen MR) is 461 cm³/mol. The van der Waals surface area contributed by atoms with Gasteiger partial charge in [-0.25, -0.2) is 0 Å². The third-order valence-electron chi connectivity index (χ3n) is 18.1. The first-order valence-corrected chi connectivity index (χ1v) is 44.6. The molecule has 0 bridgehead atoms. The number of phosphoric ester groups is 1. The quantitative estimate of drug-likeness (QED) is 0.0195. The molecule has 2 unspecified atom stereocenters. The summed E-state index contributed by atoms with van der Waals surface area (Å²) in [5.41, 5.74) is 0. The number of hydrogen-bond donors (Lipinski definition) is 0. The number of carbonyl (C=O) groups is 2. The van der Waals surface area contributed by atoms with Crippen LogP contribution in [-0.4, -0.2) is 70.0 Å². The smallest absolute Gasteiger partial charge is 0.306 e. The van der Waals surface area contributed by atoms with Crippen molar-refractivity contribution in [1.29, 1.82) is 0 Å². The molecule has 0 rings (SSSR count). The first kappa shape index (κ1) is 101. The van der Waals surface area contributed by atoms with E-state index in [1.54, 1.807) is 0 Å². The van der Waals surface area contributed by atoms with E-state index in [4.69, 9.17) is 18.5 Å². The van der Waals surface area contributed by atoms with Crippen LogP contribution in [0.4, 0.5) is 0 Å². The summed E-state index contributed by atoms with van der Waals surface area (Å²) in [5, 5.41) is 0. The Balaban J connectivity index is 3.98. The fraction of sp³-hybridized carbons (Fsp3) is 0.646. The first-order chi connectivity index (χ1) is 52.0. The van der Waals surface area contributed by atoms with Gasteiger partial charge in [0, 0.05) is 12.8 Å². The summed E-state index contributed by atoms with van der Waals surface area (Å²) in [6, 6.07) is 0. The lowest BCUT2D eigenvalue weighted by atomic mass is 10.0. The maximum Gasteiger partial charge on any atom is 0.306 e. The molecule has 106 heavy (non-hydrogen) atoms. The van der Waals surface area contributed by atoms with Crippen LogP contribution >= 0.6 is 7.82 Å². The third kappa shape index (κ3) is 87.8. The van der Waals surface area contributed by atoms with E-state index in [2.05, 4.69) is 208 Å². The number of allylic oxidation sites excluding steroid dienone is 32. The van der Waals surface area contributed by atoms with Crippen molar-refractivity contribution in [3.8, 4) is 0 Å². The second kappa shape index (κ2) is 83.9. The van der Waals surface area contributed by atoms with Crippen LogP contribution in [0.3, 0.4) is 0 Å². The van der Waals surface area contributed by atoms with Crippen molar-refractivity contribution >= 4 is 19.8 Å². The highest BCUT2D eigenvalue weighted by Crippen LogP contribution is 2.38. The maximum absolute atomic E-state index is 12.9. The lowest BCUT2D eigenvalue weighted by Gasteiger charge is -2.28. The molecule has 0 saturated heterocycles. The zero-order chi connectivity index (χ0) is 76.8. The van der Waals surface area contributed by atoms with Crippen molar-refractivity contribution in [1.82, 2.24) is 0 Å². The number of esters is 2. The molecule has 9 nitrogen and oxygen atoms in total. The fourth-order valence-electron chi connectivity index (χ4n) is 11.6. The molecule has 0 aromatic rings. The van der Waals surface area contributed by atoms with E-state index >= 15 is 0 Å². The fourth-order valence-corrected chi connectivity index (χ4v) is 12.4. The second-order valence-corrected chi connectivity index (χ2v) is 30.8. The number of hydrogen-bond acceptors (Lipinski definition) is 8. The van der Waals surface area contributed by atoms with E-state index in [0.29, 0.717) is 17.4 Å². The molecule has 0 amide bonds. The number of likely N-dealkylation sites (N-methyl/N-ethyl adjacent to an activating group) is 1. The van der Waals surface area contributed by atoms with Crippen molar-refractivity contribution in [2.24, 2.45) is 0 Å². The average molecular weight is 1490 g/mol. The van der Waals surface area contributed by atoms with Gasteiger partial charge in [0.15, 0.2) is 6.10 Å². The summed E-state index contributed by atoms with van der Waals surface area (Å²) in [4.78, 5) is 38.3. The summed E-state index contributed by atoms with van der Waals surface area (Å²) < 4.78 is 34.5. The number of rotatable bonds is 78. The summed E-state index contributed by atoms with van der Waals surface area (Å²) in [6.45, 7) is 4.03. The van der Waals surface area contributed by atoms with E-state index in [-0.39, 0.29) is 32.0 Å². The van der Waals surface area contributed by atoms with Gasteiger partial charge in [-0.05, 0) is 141 Å². The molecule has 0 radical (unpaired) electrons. The second-order valence-electron chi connectivity index (χ2n) is 29.4. The van der Waals surface area contributed by atoms with E-state index in [0.717, 1.165) is 141 Å². The van der Waals surface area contributed by atoms with Crippen molar-refractivity contribution in [2.75, 3.05) is 47.5 Å². The standard InChI is InChI=1S/C96H160NO8P/c1-6-8-10-12-14-16-18-20-22-24-26-28-30-32-34-36-38-40-42-44-46-48-50-52-54-56-58-60-62-64-66-68-70-72-74-76-78-80-82-84-86-88-95(98)102-92-94(93-104-106(100,101)103-91-90-97(3,4)5)105-96(99)89-87-85-83-81-79-77-75-73-71-69-67-65-63-61-59-57-55-53-51-49-47-45-43-41-39-37-35-33-31-29-27-25-23-21-19-17-15-13-11-9-7-2/h8-11,14-17,20-23,26-29,32-35,38-41,44-47,51,53,57,59,94H,6-7,12-13,18-19,24-25,30-31,36-37,42-43,48-50,52,54-56,58,60-93H2,1-5H3/b10-8-,11-9-,16-14-,17-15-,22-20-,23-21-,28-26-,29-27-,34-32-,35-33-,40-38-,41-39-,46-44-,47-45-,53-51-,59-57-. The number of phosphoric acid groups is 1. The van der Waals surface area contributed by atoms with Crippen LogP contribution in [0.5, 0.6) is 0 Å². The van der Waals surface area contributed by atoms with E-state index in [9.17, 15) is 19.0 Å². The zero-order valence-corrected chi connectivity index (χ0v) is 69.7. The highest BCUT2D eigenvalue weighted by Gasteiger charge is 2.22. The molecule has 2 atom stereocenters. The number of carbonyl (C=O) groups excluding carboxylic acids is 2. The number of quaternary nitrogens is 1. The van der Waals surface area contributed by atoms with Gasteiger partial charge < -0.3 is 27.9 Å². The molecule has 0 aliphatic heterocycles. The van der Waals surface area contributed by atoms with Gasteiger partial charge in [-0.1, -0.05) is 388 Å². The molecule has 0 fully saturated rings. The Kier molecular flexibility index (Phi) is 79.8. The first-order valence-electron chi connectivity index (χ1n) is 43.1. The van der Waals surface area contributed by atoms with E-state index in [1.165, 1.54) is 173 Å². The molecule has 0 aromatic carbocycles. The number of unbranched alkanes of at least 4 members (excludes halogenated alkanes) is 32. The van der Waals surface area contributed by atoms with Crippen LogP contribution in [0, 0.1) is 0 Å². The summed E-state index contributed by atoms with van der Waals surface area (Å²) in [6.07, 6.45) is 130. The van der Waals surface area contributed by atoms with Gasteiger partial charge in [0.2, 0.25) is 0 Å². The van der Waals surface area contributed by atoms with Gasteiger partial charge >= 0.3 is 11.9 Å². The minimum atomic E-state index is -4.66. The molecule has 0 aliphatic carbocycles. The van der Waals surface area contributed by atoms with Gasteiger partial charge in [-0.3, -0.25) is 14.2 Å². The SMILES string of the molecule is CC/C=C\C/C=C\C/C=C\C/C=C\C/C=C\C/C=C\C/C=C\C/C=C\C/C=C\CCCCCCCCCCCCCCCC(=O)OC(COC(=O)CCCCCCCCCCCCCCCCCCCCC/C=C\C/C=C\C/C=C\C/C=C\C/C=C\C/C=C\C/C=C\CC)COP(=O)([O-])OCC[N+](C)(C)C. The molecule has 0 N–H and O–H groups in total. The lowest BCUT2D eigenvalue weighted by molar-refractivity contribution is -0.870. The van der Waals surface area contributed by atoms with E-state index < -0.39 is 26.5 Å². The monoisotopic (exact) mass is 1490 g/mol. The predicted octanol–water partition coefficient (Wildman–Crippen LogP) is 28.9. The normalized spacial score (nSPS) is 14.0. The number of nitrogens with zero attached hydrogens (tertiary/aromatic N) is 1. The Morgan fingerprint density at radius 2 is 0.509 bits per heavy atom. The molecule has 0 spiro atoms. The van der Waals surface area contributed by atoms with Gasteiger partial charge in [0.25, 0.3) is 7.82 Å². The Labute approximate surface area is 653 Å². The highest BCUT2D eigenvalue weighted by molar-refractivity contribution is 7.45. The van der Waals surface area contributed by atoms with Gasteiger partial charge in [-0.15, -0.1) is 0 Å². The molecular formula is C96H160NO8P. The van der Waals surface area contributed by atoms with Crippen molar-refractivity contribution in [3.05, 3.63) is 194 Å². The van der Waals surface area contributed by atoms with Gasteiger partial charge in [0.05, 0.1) is 27.7 Å². The van der Waals surface area contributed by atoms with E-state index in [1.807, 2.05) is 21.1 Å². The number of ether oxygens (including phenoxy) is 2. The Bertz CT molecular complexity index is 2510. The summed E-state index contributed by atoms with van der Waals surface area (Å²) in [7, 11) is 1.16. The molecule has 10 heteroatoms.